The number of unbranched alkanes of at least 4 members (excludes halogenated alkanes) is 8. The zero-order valence-corrected chi connectivity index (χ0v) is 12.9. The van der Waals surface area contributed by atoms with Crippen molar-refractivity contribution >= 4 is 6.21 Å². The Morgan fingerprint density at radius 2 is 1.45 bits per heavy atom. The third-order valence-corrected chi connectivity index (χ3v) is 3.42. The molecule has 112 valence electrons. The van der Waals surface area contributed by atoms with Gasteiger partial charge in [0.25, 0.3) is 0 Å². The van der Waals surface area contributed by atoms with Gasteiger partial charge < -0.3 is 4.84 Å². The van der Waals surface area contributed by atoms with Crippen LogP contribution in [0.5, 0.6) is 0 Å². The van der Waals surface area contributed by atoms with E-state index in [1.165, 1.54) is 51.4 Å². The van der Waals surface area contributed by atoms with Gasteiger partial charge >= 0.3 is 0 Å². The molecule has 20 heavy (non-hydrogen) atoms. The summed E-state index contributed by atoms with van der Waals surface area (Å²) in [6, 6.07) is 10.0. The molecule has 2 nitrogen and oxygen atoms in total. The predicted molar refractivity (Wildman–Crippen MR) is 87.2 cm³/mol. The van der Waals surface area contributed by atoms with Gasteiger partial charge in [-0.2, -0.15) is 0 Å². The SMILES string of the molecule is CCCCCCCCCCCO/N=C\c1ccccc1. The molecule has 0 N–H and O–H groups in total. The molecular weight excluding hydrogens is 246 g/mol. The zero-order chi connectivity index (χ0) is 14.3. The monoisotopic (exact) mass is 275 g/mol. The van der Waals surface area contributed by atoms with Crippen LogP contribution in [0.15, 0.2) is 35.5 Å². The summed E-state index contributed by atoms with van der Waals surface area (Å²) in [5.41, 5.74) is 1.08. The molecule has 0 aliphatic heterocycles. The van der Waals surface area contributed by atoms with E-state index in [-0.39, 0.29) is 0 Å². The van der Waals surface area contributed by atoms with Crippen molar-refractivity contribution in [1.82, 2.24) is 0 Å². The number of rotatable bonds is 12. The maximum Gasteiger partial charge on any atom is 0.117 e. The molecule has 1 aromatic carbocycles. The smallest absolute Gasteiger partial charge is 0.117 e. The summed E-state index contributed by atoms with van der Waals surface area (Å²) in [5.74, 6) is 0. The molecule has 1 rings (SSSR count). The Morgan fingerprint density at radius 3 is 2.10 bits per heavy atom. The van der Waals surface area contributed by atoms with Gasteiger partial charge in [0.1, 0.15) is 6.61 Å². The minimum absolute atomic E-state index is 0.735. The summed E-state index contributed by atoms with van der Waals surface area (Å²) < 4.78 is 0. The van der Waals surface area contributed by atoms with Crippen molar-refractivity contribution in [1.29, 1.82) is 0 Å². The number of oxime groups is 1. The van der Waals surface area contributed by atoms with Crippen molar-refractivity contribution in [3.63, 3.8) is 0 Å². The predicted octanol–water partition coefficient (Wildman–Crippen LogP) is 5.57. The maximum atomic E-state index is 5.27. The Hall–Kier alpha value is -1.31. The van der Waals surface area contributed by atoms with E-state index in [2.05, 4.69) is 12.1 Å². The molecule has 0 fully saturated rings. The van der Waals surface area contributed by atoms with Crippen molar-refractivity contribution in [3.8, 4) is 0 Å². The number of nitrogens with zero attached hydrogens (tertiary/aromatic N) is 1. The zero-order valence-electron chi connectivity index (χ0n) is 12.9. The lowest BCUT2D eigenvalue weighted by Gasteiger charge is -2.01. The molecule has 0 aliphatic carbocycles. The minimum Gasteiger partial charge on any atom is -0.396 e. The average Bonchev–Trinajstić information content (AvgIpc) is 2.49. The van der Waals surface area contributed by atoms with Crippen LogP contribution in [0.2, 0.25) is 0 Å². The van der Waals surface area contributed by atoms with E-state index < -0.39 is 0 Å². The Labute approximate surface area is 124 Å². The van der Waals surface area contributed by atoms with Crippen molar-refractivity contribution in [3.05, 3.63) is 35.9 Å². The van der Waals surface area contributed by atoms with Crippen LogP contribution < -0.4 is 0 Å². The van der Waals surface area contributed by atoms with Crippen LogP contribution in [-0.4, -0.2) is 12.8 Å². The van der Waals surface area contributed by atoms with Crippen LogP contribution in [-0.2, 0) is 4.84 Å². The highest BCUT2D eigenvalue weighted by Gasteiger charge is 1.92. The molecule has 0 amide bonds. The van der Waals surface area contributed by atoms with E-state index in [9.17, 15) is 0 Å². The summed E-state index contributed by atoms with van der Waals surface area (Å²) in [6.07, 6.45) is 13.8. The van der Waals surface area contributed by atoms with Crippen LogP contribution in [0.25, 0.3) is 0 Å². The van der Waals surface area contributed by atoms with Gasteiger partial charge in [-0.25, -0.2) is 0 Å². The molecular formula is C18H29NO. The summed E-state index contributed by atoms with van der Waals surface area (Å²) >= 11 is 0. The van der Waals surface area contributed by atoms with Crippen LogP contribution in [0.1, 0.15) is 70.3 Å². The normalized spacial score (nSPS) is 11.1. The van der Waals surface area contributed by atoms with Crippen LogP contribution in [0, 0.1) is 0 Å². The first-order valence-electron chi connectivity index (χ1n) is 8.14. The number of benzene rings is 1. The Bertz CT molecular complexity index is 335. The van der Waals surface area contributed by atoms with Crippen molar-refractivity contribution in [2.24, 2.45) is 5.16 Å². The quantitative estimate of drug-likeness (QED) is 0.278. The van der Waals surface area contributed by atoms with Crippen LogP contribution >= 0.6 is 0 Å². The van der Waals surface area contributed by atoms with E-state index in [0.29, 0.717) is 0 Å². The molecule has 0 bridgehead atoms. The van der Waals surface area contributed by atoms with Crippen LogP contribution in [0.3, 0.4) is 0 Å². The van der Waals surface area contributed by atoms with Crippen molar-refractivity contribution in [2.75, 3.05) is 6.61 Å². The average molecular weight is 275 g/mol. The Morgan fingerprint density at radius 1 is 0.850 bits per heavy atom. The van der Waals surface area contributed by atoms with Crippen LogP contribution in [0.4, 0.5) is 0 Å². The fourth-order valence-corrected chi connectivity index (χ4v) is 2.17. The largest absolute Gasteiger partial charge is 0.396 e. The molecule has 0 heterocycles. The summed E-state index contributed by atoms with van der Waals surface area (Å²) in [7, 11) is 0. The molecule has 0 unspecified atom stereocenters. The van der Waals surface area contributed by atoms with E-state index in [1.54, 1.807) is 6.21 Å². The Balaban J connectivity index is 1.84. The fourth-order valence-electron chi connectivity index (χ4n) is 2.17. The lowest BCUT2D eigenvalue weighted by atomic mass is 10.1. The van der Waals surface area contributed by atoms with Gasteiger partial charge in [0.15, 0.2) is 0 Å². The van der Waals surface area contributed by atoms with E-state index in [1.807, 2.05) is 30.3 Å². The van der Waals surface area contributed by atoms with Gasteiger partial charge in [-0.1, -0.05) is 87.4 Å². The van der Waals surface area contributed by atoms with E-state index in [4.69, 9.17) is 4.84 Å². The second kappa shape index (κ2) is 12.7. The lowest BCUT2D eigenvalue weighted by Crippen LogP contribution is -1.90. The molecule has 0 saturated carbocycles. The fraction of sp³-hybridized carbons (Fsp3) is 0.611. The highest BCUT2D eigenvalue weighted by atomic mass is 16.6. The molecule has 0 spiro atoms. The first-order valence-corrected chi connectivity index (χ1v) is 8.14. The van der Waals surface area contributed by atoms with Crippen molar-refractivity contribution < 1.29 is 4.84 Å². The number of hydrogen-bond donors (Lipinski definition) is 0. The first kappa shape index (κ1) is 16.7. The molecule has 0 saturated heterocycles. The molecule has 0 aliphatic rings. The summed E-state index contributed by atoms with van der Waals surface area (Å²) in [6.45, 7) is 3.00. The van der Waals surface area contributed by atoms with E-state index in [0.717, 1.165) is 18.6 Å². The third kappa shape index (κ3) is 9.60. The first-order chi connectivity index (χ1) is 9.93. The third-order valence-electron chi connectivity index (χ3n) is 3.42. The standard InChI is InChI=1S/C18H29NO/c1-2-3-4-5-6-7-8-9-13-16-20-19-17-18-14-11-10-12-15-18/h10-12,14-15,17H,2-9,13,16H2,1H3/b19-17-. The lowest BCUT2D eigenvalue weighted by molar-refractivity contribution is 0.141. The number of hydrogen-bond acceptors (Lipinski definition) is 2. The van der Waals surface area contributed by atoms with Gasteiger partial charge in [0.05, 0.1) is 6.21 Å². The second-order valence-electron chi connectivity index (χ2n) is 5.31. The molecule has 1 aromatic rings. The molecule has 2 heteroatoms. The van der Waals surface area contributed by atoms with Gasteiger partial charge in [0, 0.05) is 0 Å². The Kier molecular flexibility index (Phi) is 10.6. The highest BCUT2D eigenvalue weighted by Crippen LogP contribution is 2.09. The minimum atomic E-state index is 0.735. The highest BCUT2D eigenvalue weighted by molar-refractivity contribution is 5.78. The van der Waals surface area contributed by atoms with Gasteiger partial charge in [0.2, 0.25) is 0 Å². The van der Waals surface area contributed by atoms with Crippen molar-refractivity contribution in [2.45, 2.75) is 64.7 Å². The summed E-state index contributed by atoms with van der Waals surface area (Å²) in [4.78, 5) is 5.27. The molecule has 0 atom stereocenters. The molecule has 0 aromatic heterocycles. The van der Waals surface area contributed by atoms with Gasteiger partial charge in [-0.15, -0.1) is 0 Å². The van der Waals surface area contributed by atoms with Gasteiger partial charge in [-0.3, -0.25) is 0 Å². The maximum absolute atomic E-state index is 5.27. The van der Waals surface area contributed by atoms with Gasteiger partial charge in [-0.05, 0) is 18.4 Å². The van der Waals surface area contributed by atoms with E-state index >= 15 is 0 Å². The summed E-state index contributed by atoms with van der Waals surface area (Å²) in [5, 5.41) is 3.98. The second-order valence-corrected chi connectivity index (χ2v) is 5.31. The topological polar surface area (TPSA) is 21.6 Å². The molecule has 0 radical (unpaired) electrons.